The van der Waals surface area contributed by atoms with Crippen LogP contribution in [0.1, 0.15) is 42.6 Å². The molecule has 0 radical (unpaired) electrons. The molecule has 5 rings (SSSR count). The van der Waals surface area contributed by atoms with Gasteiger partial charge in [-0.2, -0.15) is 15.1 Å². The lowest BCUT2D eigenvalue weighted by Gasteiger charge is -2.26. The molecule has 0 atom stereocenters. The minimum atomic E-state index is -0.539. The zero-order chi connectivity index (χ0) is 24.7. The lowest BCUT2D eigenvalue weighted by molar-refractivity contribution is -0.130. The predicted molar refractivity (Wildman–Crippen MR) is 135 cm³/mol. The van der Waals surface area contributed by atoms with Crippen LogP contribution in [0.5, 0.6) is 0 Å². The van der Waals surface area contributed by atoms with Gasteiger partial charge in [0.2, 0.25) is 11.1 Å². The first-order valence-corrected chi connectivity index (χ1v) is 12.4. The van der Waals surface area contributed by atoms with Crippen molar-refractivity contribution in [1.29, 1.82) is 5.41 Å². The van der Waals surface area contributed by atoms with Gasteiger partial charge < -0.3 is 9.47 Å². The van der Waals surface area contributed by atoms with Gasteiger partial charge in [0.1, 0.15) is 10.9 Å². The molecule has 4 heterocycles. The van der Waals surface area contributed by atoms with Crippen molar-refractivity contribution in [2.45, 2.75) is 39.5 Å². The summed E-state index contributed by atoms with van der Waals surface area (Å²) >= 11 is 1.16. The number of nitrogens with one attached hydrogen (secondary N) is 1. The first-order chi connectivity index (χ1) is 16.8. The maximum Gasteiger partial charge on any atom is 0.283 e. The second-order valence-electron chi connectivity index (χ2n) is 8.75. The van der Waals surface area contributed by atoms with E-state index in [1.807, 2.05) is 24.8 Å². The molecule has 0 saturated carbocycles. The minimum Gasteiger partial charge on any atom is -0.342 e. The van der Waals surface area contributed by atoms with Gasteiger partial charge >= 0.3 is 0 Å². The maximum atomic E-state index is 14.4. The number of likely N-dealkylation sites (tertiary alicyclic amines) is 1. The molecular formula is C25H25FN6O2S. The van der Waals surface area contributed by atoms with E-state index in [4.69, 9.17) is 5.41 Å². The lowest BCUT2D eigenvalue weighted by atomic mass is 10.1. The Morgan fingerprint density at radius 2 is 1.94 bits per heavy atom. The monoisotopic (exact) mass is 492 g/mol. The van der Waals surface area contributed by atoms with Crippen molar-refractivity contribution in [3.05, 3.63) is 58.7 Å². The highest BCUT2D eigenvalue weighted by atomic mass is 32.2. The molecule has 1 saturated heterocycles. The Bertz CT molecular complexity index is 1340. The summed E-state index contributed by atoms with van der Waals surface area (Å²) in [5, 5.41) is 15.2. The van der Waals surface area contributed by atoms with Crippen molar-refractivity contribution < 1.29 is 14.0 Å². The molecule has 0 unspecified atom stereocenters. The number of fused-ring (bicyclic) bond motifs is 1. The number of aliphatic imine (C=N–C) groups is 1. The van der Waals surface area contributed by atoms with Gasteiger partial charge in [-0.25, -0.2) is 4.39 Å². The first-order valence-electron chi connectivity index (χ1n) is 11.5. The number of hydrogen-bond donors (Lipinski definition) is 1. The number of benzene rings is 1. The summed E-state index contributed by atoms with van der Waals surface area (Å²) in [6.45, 7) is 5.21. The summed E-state index contributed by atoms with van der Waals surface area (Å²) in [5.74, 6) is -0.975. The van der Waals surface area contributed by atoms with Gasteiger partial charge in [-0.3, -0.25) is 15.0 Å². The van der Waals surface area contributed by atoms with E-state index in [0.29, 0.717) is 16.3 Å². The van der Waals surface area contributed by atoms with Crippen molar-refractivity contribution in [3.8, 4) is 5.69 Å². The number of aryl methyl sites for hydroxylation is 1. The Kier molecular flexibility index (Phi) is 6.14. The van der Waals surface area contributed by atoms with Crippen LogP contribution >= 0.6 is 11.8 Å². The number of hydrazone groups is 1. The SMILES string of the molecule is Cc1cc(/C=C2/C(=N)N3N=C(CC(=O)N4CCCCC4)SC3=NC2=O)c(C)n1-c1ccccc1F. The molecule has 2 amide bonds. The van der Waals surface area contributed by atoms with E-state index >= 15 is 0 Å². The summed E-state index contributed by atoms with van der Waals surface area (Å²) in [6, 6.07) is 8.34. The number of amides is 2. The van der Waals surface area contributed by atoms with E-state index in [-0.39, 0.29) is 34.7 Å². The lowest BCUT2D eigenvalue weighted by Crippen LogP contribution is -2.36. The highest BCUT2D eigenvalue weighted by Gasteiger charge is 2.36. The molecule has 1 aromatic heterocycles. The molecule has 0 bridgehead atoms. The molecule has 2 aromatic rings. The fourth-order valence-electron chi connectivity index (χ4n) is 4.58. The third-order valence-electron chi connectivity index (χ3n) is 6.37. The minimum absolute atomic E-state index is 0.00519. The molecule has 1 aromatic carbocycles. The third-order valence-corrected chi connectivity index (χ3v) is 7.28. The fourth-order valence-corrected chi connectivity index (χ4v) is 5.46. The van der Waals surface area contributed by atoms with E-state index in [0.717, 1.165) is 55.5 Å². The van der Waals surface area contributed by atoms with E-state index in [1.54, 1.807) is 28.8 Å². The van der Waals surface area contributed by atoms with Crippen LogP contribution in [0.15, 0.2) is 46.0 Å². The molecule has 3 aliphatic rings. The van der Waals surface area contributed by atoms with Crippen LogP contribution in [0.3, 0.4) is 0 Å². The Morgan fingerprint density at radius 1 is 1.20 bits per heavy atom. The molecule has 10 heteroatoms. The van der Waals surface area contributed by atoms with Crippen molar-refractivity contribution in [1.82, 2.24) is 14.5 Å². The highest BCUT2D eigenvalue weighted by molar-refractivity contribution is 8.27. The van der Waals surface area contributed by atoms with E-state index in [1.165, 1.54) is 11.1 Å². The average Bonchev–Trinajstić information content (AvgIpc) is 3.37. The topological polar surface area (TPSA) is 94.1 Å². The summed E-state index contributed by atoms with van der Waals surface area (Å²) in [6.07, 6.45) is 4.89. The van der Waals surface area contributed by atoms with Crippen LogP contribution in [0, 0.1) is 25.1 Å². The van der Waals surface area contributed by atoms with Crippen LogP contribution in [0.2, 0.25) is 0 Å². The third kappa shape index (κ3) is 4.34. The van der Waals surface area contributed by atoms with Crippen molar-refractivity contribution in [2.75, 3.05) is 13.1 Å². The molecule has 1 N–H and O–H groups in total. The molecular weight excluding hydrogens is 467 g/mol. The largest absolute Gasteiger partial charge is 0.342 e. The van der Waals surface area contributed by atoms with Gasteiger partial charge in [0, 0.05) is 24.5 Å². The number of thioether (sulfide) groups is 1. The second-order valence-corrected chi connectivity index (χ2v) is 9.79. The number of halogens is 1. The summed E-state index contributed by atoms with van der Waals surface area (Å²) in [7, 11) is 0. The highest BCUT2D eigenvalue weighted by Crippen LogP contribution is 2.31. The molecule has 0 spiro atoms. The van der Waals surface area contributed by atoms with Gasteiger partial charge in [-0.15, -0.1) is 0 Å². The number of piperidine rings is 1. The van der Waals surface area contributed by atoms with Crippen LogP contribution < -0.4 is 0 Å². The van der Waals surface area contributed by atoms with Crippen LogP contribution in [-0.2, 0) is 9.59 Å². The van der Waals surface area contributed by atoms with Gasteiger partial charge in [0.15, 0.2) is 5.84 Å². The summed E-state index contributed by atoms with van der Waals surface area (Å²) in [5.41, 5.74) is 2.74. The fraction of sp³-hybridized carbons (Fsp3) is 0.320. The number of carbonyl (C=O) groups is 2. The van der Waals surface area contributed by atoms with Gasteiger partial charge in [-0.1, -0.05) is 12.1 Å². The average molecular weight is 493 g/mol. The van der Waals surface area contributed by atoms with Crippen molar-refractivity contribution in [2.24, 2.45) is 10.1 Å². The number of carbonyl (C=O) groups excluding carboxylic acids is 2. The molecule has 1 fully saturated rings. The first kappa shape index (κ1) is 23.2. The Hall–Kier alpha value is -3.53. The number of nitrogens with zero attached hydrogens (tertiary/aromatic N) is 5. The number of para-hydroxylation sites is 1. The number of amidine groups is 2. The quantitative estimate of drug-likeness (QED) is 0.646. The van der Waals surface area contributed by atoms with E-state index in [2.05, 4.69) is 10.1 Å². The zero-order valence-corrected chi connectivity index (χ0v) is 20.4. The van der Waals surface area contributed by atoms with Gasteiger partial charge in [-0.05, 0) is 74.7 Å². The summed E-state index contributed by atoms with van der Waals surface area (Å²) < 4.78 is 16.2. The zero-order valence-electron chi connectivity index (χ0n) is 19.5. The second kappa shape index (κ2) is 9.26. The molecule has 0 aliphatic carbocycles. The molecule has 8 nitrogen and oxygen atoms in total. The number of hydrogen-bond acceptors (Lipinski definition) is 5. The standard InChI is InChI=1S/C25H25FN6O2S/c1-15-12-17(16(2)31(15)20-9-5-4-8-19(20)26)13-18-23(27)32-25(28-24(18)34)35-21(29-32)14-22(33)30-10-6-3-7-11-30/h4-5,8-9,12-13,27H,3,6-7,10-11,14H2,1-2H3/b18-13-,27-23?. The Morgan fingerprint density at radius 3 is 2.69 bits per heavy atom. The van der Waals surface area contributed by atoms with Crippen LogP contribution in [0.25, 0.3) is 11.8 Å². The molecule has 3 aliphatic heterocycles. The Labute approximate surface area is 206 Å². The normalized spacial score (nSPS) is 19.2. The van der Waals surface area contributed by atoms with Crippen molar-refractivity contribution in [3.63, 3.8) is 0 Å². The molecule has 180 valence electrons. The van der Waals surface area contributed by atoms with Crippen LogP contribution in [-0.4, -0.2) is 55.4 Å². The smallest absolute Gasteiger partial charge is 0.283 e. The maximum absolute atomic E-state index is 14.4. The Balaban J connectivity index is 1.40. The number of rotatable bonds is 4. The van der Waals surface area contributed by atoms with Crippen molar-refractivity contribution >= 4 is 45.7 Å². The molecule has 35 heavy (non-hydrogen) atoms. The van der Waals surface area contributed by atoms with E-state index in [9.17, 15) is 14.0 Å². The van der Waals surface area contributed by atoms with Gasteiger partial charge in [0.25, 0.3) is 5.91 Å². The van der Waals surface area contributed by atoms with Crippen LogP contribution in [0.4, 0.5) is 4.39 Å². The summed E-state index contributed by atoms with van der Waals surface area (Å²) in [4.78, 5) is 31.4. The predicted octanol–water partition coefficient (Wildman–Crippen LogP) is 4.26. The van der Waals surface area contributed by atoms with Gasteiger partial charge in [0.05, 0.1) is 17.7 Å². The number of aromatic nitrogens is 1. The van der Waals surface area contributed by atoms with E-state index < -0.39 is 5.91 Å².